The Morgan fingerprint density at radius 3 is 3.00 bits per heavy atom. The third-order valence-electron chi connectivity index (χ3n) is 4.85. The Kier molecular flexibility index (Phi) is 1.90. The predicted molar refractivity (Wildman–Crippen MR) is 70.1 cm³/mol. The van der Waals surface area contributed by atoms with Gasteiger partial charge in [0.2, 0.25) is 10.0 Å². The SMILES string of the molecule is O=C1C2C=C(I)C3C(C2)S(=O)(=O)N2CCCC132. The van der Waals surface area contributed by atoms with Gasteiger partial charge in [-0.05, 0) is 45.4 Å². The van der Waals surface area contributed by atoms with E-state index in [0.717, 1.165) is 16.4 Å². The molecule has 2 aliphatic heterocycles. The number of halogens is 1. The summed E-state index contributed by atoms with van der Waals surface area (Å²) in [5.74, 6) is -0.0689. The maximum Gasteiger partial charge on any atom is 0.218 e. The lowest BCUT2D eigenvalue weighted by Crippen LogP contribution is -2.58. The molecule has 0 aromatic carbocycles. The monoisotopic (exact) mass is 365 g/mol. The van der Waals surface area contributed by atoms with Crippen LogP contribution in [0, 0.1) is 11.8 Å². The molecule has 1 saturated carbocycles. The highest BCUT2D eigenvalue weighted by Crippen LogP contribution is 2.61. The molecule has 5 aliphatic rings. The second-order valence-electron chi connectivity index (χ2n) is 5.42. The number of hydrogen-bond acceptors (Lipinski definition) is 3. The Labute approximate surface area is 114 Å². The van der Waals surface area contributed by atoms with Crippen molar-refractivity contribution >= 4 is 38.4 Å². The molecule has 0 aromatic heterocycles. The van der Waals surface area contributed by atoms with Gasteiger partial charge in [-0.15, -0.1) is 0 Å². The fraction of sp³-hybridized carbons (Fsp3) is 0.727. The molecular weight excluding hydrogens is 353 g/mol. The number of rotatable bonds is 0. The van der Waals surface area contributed by atoms with Crippen LogP contribution < -0.4 is 0 Å². The van der Waals surface area contributed by atoms with Crippen molar-refractivity contribution in [2.75, 3.05) is 6.54 Å². The van der Waals surface area contributed by atoms with Crippen molar-refractivity contribution in [1.29, 1.82) is 0 Å². The molecule has 1 spiro atoms. The first-order valence-corrected chi connectivity index (χ1v) is 8.51. The molecule has 0 radical (unpaired) electrons. The Bertz CT molecular complexity index is 569. The summed E-state index contributed by atoms with van der Waals surface area (Å²) < 4.78 is 27.6. The highest BCUT2D eigenvalue weighted by Gasteiger charge is 2.73. The number of sulfonamides is 1. The van der Waals surface area contributed by atoms with Crippen LogP contribution in [-0.2, 0) is 14.8 Å². The molecule has 0 aromatic rings. The lowest BCUT2D eigenvalue weighted by molar-refractivity contribution is -0.134. The second kappa shape index (κ2) is 2.96. The van der Waals surface area contributed by atoms with Gasteiger partial charge in [0.25, 0.3) is 0 Å². The number of ketones is 1. The van der Waals surface area contributed by atoms with Gasteiger partial charge in [0.05, 0.1) is 5.25 Å². The molecule has 4 atom stereocenters. The summed E-state index contributed by atoms with van der Waals surface area (Å²) in [7, 11) is -3.24. The quantitative estimate of drug-likeness (QED) is 0.604. The van der Waals surface area contributed by atoms with Crippen LogP contribution >= 0.6 is 22.6 Å². The van der Waals surface area contributed by atoms with Crippen molar-refractivity contribution in [3.8, 4) is 0 Å². The fourth-order valence-electron chi connectivity index (χ4n) is 4.30. The molecule has 3 aliphatic carbocycles. The number of nitrogens with zero attached hydrogens (tertiary/aromatic N) is 1. The van der Waals surface area contributed by atoms with Crippen molar-refractivity contribution in [3.63, 3.8) is 0 Å². The highest BCUT2D eigenvalue weighted by molar-refractivity contribution is 14.1. The van der Waals surface area contributed by atoms with Crippen molar-refractivity contribution in [2.24, 2.45) is 11.8 Å². The van der Waals surface area contributed by atoms with Gasteiger partial charge in [-0.25, -0.2) is 8.42 Å². The van der Waals surface area contributed by atoms with E-state index >= 15 is 0 Å². The zero-order valence-corrected chi connectivity index (χ0v) is 12.1. The Hall–Kier alpha value is 0.0500. The number of hydrogen-bond donors (Lipinski definition) is 0. The first-order chi connectivity index (χ1) is 7.99. The van der Waals surface area contributed by atoms with Gasteiger partial charge in [-0.2, -0.15) is 4.31 Å². The molecule has 4 nitrogen and oxygen atoms in total. The number of allylic oxidation sites excluding steroid dienone is 1. The number of Topliss-reactive ketones (excluding diaryl/α,β-unsaturated/α-hetero) is 1. The van der Waals surface area contributed by atoms with E-state index < -0.39 is 15.6 Å². The summed E-state index contributed by atoms with van der Waals surface area (Å²) in [6, 6.07) is 0. The Morgan fingerprint density at radius 2 is 2.24 bits per heavy atom. The van der Waals surface area contributed by atoms with Crippen LogP contribution in [0.4, 0.5) is 0 Å². The Balaban J connectivity index is 2.07. The zero-order chi connectivity index (χ0) is 12.0. The first-order valence-electron chi connectivity index (χ1n) is 5.93. The van der Waals surface area contributed by atoms with E-state index in [4.69, 9.17) is 0 Å². The van der Waals surface area contributed by atoms with E-state index in [0.29, 0.717) is 13.0 Å². The molecule has 2 saturated heterocycles. The summed E-state index contributed by atoms with van der Waals surface area (Å²) in [6.07, 6.45) is 4.05. The molecule has 0 N–H and O–H groups in total. The summed E-state index contributed by atoms with van der Waals surface area (Å²) in [6.45, 7) is 0.539. The molecule has 6 heteroatoms. The van der Waals surface area contributed by atoms with Gasteiger partial charge in [-0.3, -0.25) is 4.79 Å². The average Bonchev–Trinajstić information content (AvgIpc) is 2.75. The maximum absolute atomic E-state index is 12.5. The zero-order valence-electron chi connectivity index (χ0n) is 9.10. The lowest BCUT2D eigenvalue weighted by atomic mass is 9.62. The van der Waals surface area contributed by atoms with Gasteiger partial charge in [0.15, 0.2) is 5.78 Å². The van der Waals surface area contributed by atoms with Crippen LogP contribution in [0.25, 0.3) is 0 Å². The maximum atomic E-state index is 12.5. The fourth-order valence-corrected chi connectivity index (χ4v) is 8.56. The summed E-state index contributed by atoms with van der Waals surface area (Å²) in [5, 5.41) is -0.331. The Morgan fingerprint density at radius 1 is 1.47 bits per heavy atom. The molecular formula is C11H12INO3S. The predicted octanol–water partition coefficient (Wildman–Crippen LogP) is 1.07. The topological polar surface area (TPSA) is 54.5 Å². The van der Waals surface area contributed by atoms with Gasteiger partial charge in [0.1, 0.15) is 5.54 Å². The minimum absolute atomic E-state index is 0.0758. The molecule has 92 valence electrons. The van der Waals surface area contributed by atoms with Crippen molar-refractivity contribution < 1.29 is 13.2 Å². The second-order valence-corrected chi connectivity index (χ2v) is 8.74. The molecule has 3 fully saturated rings. The number of carbonyl (C=O) groups excluding carboxylic acids is 1. The smallest absolute Gasteiger partial charge is 0.218 e. The summed E-state index contributed by atoms with van der Waals surface area (Å²) >= 11 is 2.24. The van der Waals surface area contributed by atoms with Gasteiger partial charge in [0, 0.05) is 18.4 Å². The molecule has 4 unspecified atom stereocenters. The van der Waals surface area contributed by atoms with Gasteiger partial charge < -0.3 is 0 Å². The normalized spacial score (nSPS) is 50.5. The van der Waals surface area contributed by atoms with E-state index in [-0.39, 0.29) is 22.9 Å². The third kappa shape index (κ3) is 0.973. The molecule has 2 heterocycles. The summed E-state index contributed by atoms with van der Waals surface area (Å²) in [4.78, 5) is 12.5. The van der Waals surface area contributed by atoms with Crippen LogP contribution in [0.2, 0.25) is 0 Å². The van der Waals surface area contributed by atoms with Crippen LogP contribution in [0.3, 0.4) is 0 Å². The first kappa shape index (κ1) is 10.9. The van der Waals surface area contributed by atoms with E-state index in [9.17, 15) is 13.2 Å². The van der Waals surface area contributed by atoms with Gasteiger partial charge in [-0.1, -0.05) is 6.08 Å². The minimum atomic E-state index is -3.24. The van der Waals surface area contributed by atoms with Gasteiger partial charge >= 0.3 is 0 Å². The largest absolute Gasteiger partial charge is 0.297 e. The molecule has 0 amide bonds. The van der Waals surface area contributed by atoms with Crippen LogP contribution in [0.15, 0.2) is 9.66 Å². The van der Waals surface area contributed by atoms with Crippen molar-refractivity contribution in [2.45, 2.75) is 30.1 Å². The van der Waals surface area contributed by atoms with E-state index in [2.05, 4.69) is 22.6 Å². The lowest BCUT2D eigenvalue weighted by Gasteiger charge is -2.44. The van der Waals surface area contributed by atoms with E-state index in [1.54, 1.807) is 4.31 Å². The number of carbonyl (C=O) groups is 1. The van der Waals surface area contributed by atoms with E-state index in [1.165, 1.54) is 0 Å². The van der Waals surface area contributed by atoms with Crippen LogP contribution in [-0.4, -0.2) is 35.8 Å². The minimum Gasteiger partial charge on any atom is -0.297 e. The van der Waals surface area contributed by atoms with Crippen molar-refractivity contribution in [1.82, 2.24) is 4.31 Å². The van der Waals surface area contributed by atoms with Crippen molar-refractivity contribution in [3.05, 3.63) is 9.66 Å². The van der Waals surface area contributed by atoms with Crippen LogP contribution in [0.5, 0.6) is 0 Å². The van der Waals surface area contributed by atoms with Crippen LogP contribution in [0.1, 0.15) is 19.3 Å². The average molecular weight is 365 g/mol. The molecule has 17 heavy (non-hydrogen) atoms. The van der Waals surface area contributed by atoms with E-state index in [1.807, 2.05) is 6.08 Å². The third-order valence-corrected chi connectivity index (χ3v) is 8.23. The standard InChI is InChI=1S/C11H12INO3S/c12-7-4-6-5-8-9(7)11(10(6)14)2-1-3-13(11)17(8,15)16/h4,6,8-9H,1-3,5H2. The summed E-state index contributed by atoms with van der Waals surface area (Å²) in [5.41, 5.74) is -0.683. The molecule has 4 bridgehead atoms. The molecule has 5 rings (SSSR count). The highest BCUT2D eigenvalue weighted by atomic mass is 127.